The third-order valence-corrected chi connectivity index (χ3v) is 3.24. The molecule has 1 rings (SSSR count). The molecular formula is C15H26N2O5. The van der Waals surface area contributed by atoms with Crippen LogP contribution in [0.3, 0.4) is 0 Å². The Labute approximate surface area is 131 Å². The van der Waals surface area contributed by atoms with Crippen LogP contribution in [0.25, 0.3) is 0 Å². The van der Waals surface area contributed by atoms with E-state index in [0.29, 0.717) is 25.9 Å². The Morgan fingerprint density at radius 3 is 2.73 bits per heavy atom. The summed E-state index contributed by atoms with van der Waals surface area (Å²) in [6.07, 6.45) is 3.56. The second-order valence-electron chi connectivity index (χ2n) is 5.88. The van der Waals surface area contributed by atoms with Crippen LogP contribution in [0.1, 0.15) is 39.5 Å². The highest BCUT2D eigenvalue weighted by Gasteiger charge is 2.20. The van der Waals surface area contributed by atoms with E-state index >= 15 is 0 Å². The van der Waals surface area contributed by atoms with Crippen LogP contribution in [-0.2, 0) is 19.1 Å². The minimum absolute atomic E-state index is 0.00761. The Bertz CT molecular complexity index is 367. The lowest BCUT2D eigenvalue weighted by atomic mass is 10.0. The molecule has 1 saturated heterocycles. The zero-order valence-corrected chi connectivity index (χ0v) is 13.3. The molecule has 0 aromatic rings. The molecule has 126 valence electrons. The molecule has 2 atom stereocenters. The molecule has 0 aromatic heterocycles. The van der Waals surface area contributed by atoms with Crippen molar-refractivity contribution in [3.8, 4) is 0 Å². The highest BCUT2D eigenvalue weighted by molar-refractivity contribution is 5.84. The fourth-order valence-electron chi connectivity index (χ4n) is 2.13. The molecule has 0 aliphatic carbocycles. The van der Waals surface area contributed by atoms with Crippen LogP contribution in [0, 0.1) is 5.92 Å². The van der Waals surface area contributed by atoms with E-state index in [1.54, 1.807) is 0 Å². The summed E-state index contributed by atoms with van der Waals surface area (Å²) in [5, 5.41) is 4.93. The van der Waals surface area contributed by atoms with Gasteiger partial charge in [0.2, 0.25) is 5.91 Å². The molecule has 2 N–H and O–H groups in total. The van der Waals surface area contributed by atoms with Crippen molar-refractivity contribution in [3.05, 3.63) is 0 Å². The van der Waals surface area contributed by atoms with Gasteiger partial charge in [0, 0.05) is 13.0 Å². The standard InChI is InChI=1S/C15H26N2O5/c1-11(2)10-22-15(20)16-8-14(19)17-12(9-18)7-13-5-3-4-6-21-13/h9,11-13H,3-8,10H2,1-2H3,(H,16,20)(H,17,19)/t12-,13?/m0/s1. The summed E-state index contributed by atoms with van der Waals surface area (Å²) in [5.41, 5.74) is 0. The van der Waals surface area contributed by atoms with Crippen LogP contribution in [0.2, 0.25) is 0 Å². The summed E-state index contributed by atoms with van der Waals surface area (Å²) in [6.45, 7) is 4.62. The molecule has 2 amide bonds. The molecule has 7 nitrogen and oxygen atoms in total. The first-order valence-electron chi connectivity index (χ1n) is 7.78. The lowest BCUT2D eigenvalue weighted by molar-refractivity contribution is -0.124. The van der Waals surface area contributed by atoms with E-state index in [1.807, 2.05) is 13.8 Å². The third-order valence-electron chi connectivity index (χ3n) is 3.24. The molecule has 0 radical (unpaired) electrons. The highest BCUT2D eigenvalue weighted by Crippen LogP contribution is 2.16. The Hall–Kier alpha value is -1.63. The van der Waals surface area contributed by atoms with E-state index in [2.05, 4.69) is 10.6 Å². The number of amides is 2. The van der Waals surface area contributed by atoms with Gasteiger partial charge in [-0.3, -0.25) is 4.79 Å². The van der Waals surface area contributed by atoms with E-state index in [0.717, 1.165) is 19.3 Å². The summed E-state index contributed by atoms with van der Waals surface area (Å²) in [7, 11) is 0. The summed E-state index contributed by atoms with van der Waals surface area (Å²) in [6, 6.07) is -0.593. The lowest BCUT2D eigenvalue weighted by Gasteiger charge is -2.25. The van der Waals surface area contributed by atoms with Gasteiger partial charge in [0.25, 0.3) is 0 Å². The first kappa shape index (κ1) is 18.4. The average molecular weight is 314 g/mol. The molecule has 1 unspecified atom stereocenters. The number of aldehydes is 1. The van der Waals surface area contributed by atoms with Crippen molar-refractivity contribution in [1.29, 1.82) is 0 Å². The molecular weight excluding hydrogens is 288 g/mol. The third kappa shape index (κ3) is 7.97. The van der Waals surface area contributed by atoms with Gasteiger partial charge >= 0.3 is 6.09 Å². The average Bonchev–Trinajstić information content (AvgIpc) is 2.51. The number of carbonyl (C=O) groups is 3. The maximum absolute atomic E-state index is 11.7. The number of ether oxygens (including phenoxy) is 2. The molecule has 0 saturated carbocycles. The molecule has 0 spiro atoms. The van der Waals surface area contributed by atoms with Gasteiger partial charge in [0.05, 0.1) is 18.8 Å². The molecule has 1 aliphatic heterocycles. The topological polar surface area (TPSA) is 93.7 Å². The van der Waals surface area contributed by atoms with Crippen LogP contribution in [0.4, 0.5) is 4.79 Å². The Morgan fingerprint density at radius 1 is 1.36 bits per heavy atom. The number of hydrogen-bond acceptors (Lipinski definition) is 5. The van der Waals surface area contributed by atoms with E-state index in [-0.39, 0.29) is 18.6 Å². The number of alkyl carbamates (subject to hydrolysis) is 1. The van der Waals surface area contributed by atoms with Crippen LogP contribution < -0.4 is 10.6 Å². The van der Waals surface area contributed by atoms with Crippen LogP contribution >= 0.6 is 0 Å². The fourth-order valence-corrected chi connectivity index (χ4v) is 2.13. The molecule has 1 fully saturated rings. The van der Waals surface area contributed by atoms with Crippen molar-refractivity contribution in [1.82, 2.24) is 10.6 Å². The van der Waals surface area contributed by atoms with Gasteiger partial charge in [0.1, 0.15) is 12.8 Å². The second-order valence-corrected chi connectivity index (χ2v) is 5.88. The summed E-state index contributed by atoms with van der Waals surface area (Å²) in [5.74, 6) is -0.191. The van der Waals surface area contributed by atoms with Crippen molar-refractivity contribution in [2.45, 2.75) is 51.7 Å². The van der Waals surface area contributed by atoms with Crippen molar-refractivity contribution >= 4 is 18.3 Å². The van der Waals surface area contributed by atoms with Gasteiger partial charge in [-0.2, -0.15) is 0 Å². The largest absolute Gasteiger partial charge is 0.449 e. The van der Waals surface area contributed by atoms with Crippen LogP contribution in [0.5, 0.6) is 0 Å². The van der Waals surface area contributed by atoms with Crippen molar-refractivity contribution in [3.63, 3.8) is 0 Å². The number of nitrogens with one attached hydrogen (secondary N) is 2. The van der Waals surface area contributed by atoms with Gasteiger partial charge in [-0.25, -0.2) is 4.79 Å². The number of rotatable bonds is 8. The Kier molecular flexibility index (Phi) is 8.50. The number of hydrogen-bond donors (Lipinski definition) is 2. The molecule has 7 heteroatoms. The molecule has 1 aliphatic rings. The van der Waals surface area contributed by atoms with E-state index in [1.165, 1.54) is 0 Å². The monoisotopic (exact) mass is 314 g/mol. The van der Waals surface area contributed by atoms with Crippen LogP contribution in [0.15, 0.2) is 0 Å². The zero-order chi connectivity index (χ0) is 16.4. The van der Waals surface area contributed by atoms with Gasteiger partial charge in [-0.15, -0.1) is 0 Å². The Balaban J connectivity index is 2.23. The lowest BCUT2D eigenvalue weighted by Crippen LogP contribution is -2.44. The van der Waals surface area contributed by atoms with Crippen molar-refractivity contribution in [2.75, 3.05) is 19.8 Å². The molecule has 0 aromatic carbocycles. The highest BCUT2D eigenvalue weighted by atomic mass is 16.5. The predicted octanol–water partition coefficient (Wildman–Crippen LogP) is 1.01. The predicted molar refractivity (Wildman–Crippen MR) is 80.4 cm³/mol. The minimum Gasteiger partial charge on any atom is -0.449 e. The second kappa shape index (κ2) is 10.2. The van der Waals surface area contributed by atoms with Gasteiger partial charge in [-0.1, -0.05) is 13.8 Å². The molecule has 22 heavy (non-hydrogen) atoms. The first-order chi connectivity index (χ1) is 10.5. The smallest absolute Gasteiger partial charge is 0.407 e. The fraction of sp³-hybridized carbons (Fsp3) is 0.800. The summed E-state index contributed by atoms with van der Waals surface area (Å²) in [4.78, 5) is 34.1. The summed E-state index contributed by atoms with van der Waals surface area (Å²) >= 11 is 0. The van der Waals surface area contributed by atoms with Crippen molar-refractivity contribution in [2.24, 2.45) is 5.92 Å². The van der Waals surface area contributed by atoms with Crippen LogP contribution in [-0.4, -0.2) is 50.2 Å². The SMILES string of the molecule is CC(C)COC(=O)NCC(=O)N[C@H](C=O)CC1CCCCO1. The van der Waals surface area contributed by atoms with Gasteiger partial charge in [0.15, 0.2) is 0 Å². The Morgan fingerprint density at radius 2 is 2.14 bits per heavy atom. The van der Waals surface area contributed by atoms with Gasteiger partial charge in [-0.05, 0) is 25.2 Å². The number of carbonyl (C=O) groups excluding carboxylic acids is 3. The maximum atomic E-state index is 11.7. The zero-order valence-electron chi connectivity index (χ0n) is 13.3. The van der Waals surface area contributed by atoms with Crippen molar-refractivity contribution < 1.29 is 23.9 Å². The van der Waals surface area contributed by atoms with E-state index < -0.39 is 18.0 Å². The summed E-state index contributed by atoms with van der Waals surface area (Å²) < 4.78 is 10.4. The molecule has 0 bridgehead atoms. The van der Waals surface area contributed by atoms with E-state index in [9.17, 15) is 14.4 Å². The van der Waals surface area contributed by atoms with Gasteiger partial charge < -0.3 is 24.9 Å². The first-order valence-corrected chi connectivity index (χ1v) is 7.78. The molecule has 1 heterocycles. The minimum atomic E-state index is -0.637. The maximum Gasteiger partial charge on any atom is 0.407 e. The normalized spacial score (nSPS) is 19.3. The van der Waals surface area contributed by atoms with E-state index in [4.69, 9.17) is 9.47 Å². The quantitative estimate of drug-likeness (QED) is 0.652.